The quantitative estimate of drug-likeness (QED) is 0.572. The summed E-state index contributed by atoms with van der Waals surface area (Å²) in [7, 11) is 3.21. The molecule has 1 N–H and O–H groups in total. The fourth-order valence-corrected chi connectivity index (χ4v) is 4.51. The topological polar surface area (TPSA) is 50.8 Å². The highest BCUT2D eigenvalue weighted by atomic mass is 32.1. The standard InChI is InChI=1S/C24H24N2O3S/c1-28-19-8-9-22(29-2)17(15-19)7-10-24(27)25-20-5-3-4-6-21(20)26-13-11-23-18(16-26)12-14-30-23/h3-10,12,14-15H,11,13,16H2,1-2H3,(H,25,27). The number of anilines is 2. The van der Waals surface area contributed by atoms with Gasteiger partial charge in [0.25, 0.3) is 0 Å². The van der Waals surface area contributed by atoms with Gasteiger partial charge in [-0.05, 0) is 59.8 Å². The number of amides is 1. The molecule has 0 aliphatic carbocycles. The summed E-state index contributed by atoms with van der Waals surface area (Å²) in [4.78, 5) is 16.4. The van der Waals surface area contributed by atoms with Crippen molar-refractivity contribution in [1.82, 2.24) is 0 Å². The monoisotopic (exact) mass is 420 g/mol. The maximum atomic E-state index is 12.6. The molecule has 2 aromatic carbocycles. The van der Waals surface area contributed by atoms with Crippen LogP contribution in [0.4, 0.5) is 11.4 Å². The van der Waals surface area contributed by atoms with Crippen molar-refractivity contribution in [2.45, 2.75) is 13.0 Å². The van der Waals surface area contributed by atoms with E-state index in [0.717, 1.165) is 36.4 Å². The van der Waals surface area contributed by atoms with E-state index in [9.17, 15) is 4.79 Å². The van der Waals surface area contributed by atoms with Crippen molar-refractivity contribution < 1.29 is 14.3 Å². The van der Waals surface area contributed by atoms with Crippen LogP contribution in [0, 0.1) is 0 Å². The molecule has 0 saturated carbocycles. The number of hydrogen-bond acceptors (Lipinski definition) is 5. The van der Waals surface area contributed by atoms with Gasteiger partial charge in [-0.25, -0.2) is 0 Å². The predicted molar refractivity (Wildman–Crippen MR) is 123 cm³/mol. The normalized spacial score (nSPS) is 13.2. The maximum Gasteiger partial charge on any atom is 0.248 e. The molecule has 0 saturated heterocycles. The lowest BCUT2D eigenvalue weighted by molar-refractivity contribution is -0.111. The number of thiophene rings is 1. The lowest BCUT2D eigenvalue weighted by Gasteiger charge is -2.30. The van der Waals surface area contributed by atoms with Gasteiger partial charge in [-0.3, -0.25) is 4.79 Å². The first-order valence-electron chi connectivity index (χ1n) is 9.78. The predicted octanol–water partition coefficient (Wildman–Crippen LogP) is 4.98. The molecule has 1 amide bonds. The first kappa shape index (κ1) is 20.0. The van der Waals surface area contributed by atoms with Crippen LogP contribution in [0.3, 0.4) is 0 Å². The Kier molecular flexibility index (Phi) is 6.05. The van der Waals surface area contributed by atoms with Crippen molar-refractivity contribution in [2.24, 2.45) is 0 Å². The first-order chi connectivity index (χ1) is 14.7. The summed E-state index contributed by atoms with van der Waals surface area (Å²) in [6.07, 6.45) is 4.28. The second-order valence-electron chi connectivity index (χ2n) is 6.99. The number of para-hydroxylation sites is 2. The van der Waals surface area contributed by atoms with E-state index in [-0.39, 0.29) is 5.91 Å². The van der Waals surface area contributed by atoms with Gasteiger partial charge in [0.1, 0.15) is 11.5 Å². The van der Waals surface area contributed by atoms with E-state index in [1.165, 1.54) is 16.5 Å². The number of ether oxygens (including phenoxy) is 2. The van der Waals surface area contributed by atoms with Crippen molar-refractivity contribution >= 4 is 34.7 Å². The van der Waals surface area contributed by atoms with Crippen LogP contribution in [-0.2, 0) is 17.8 Å². The van der Waals surface area contributed by atoms with E-state index in [0.29, 0.717) is 11.5 Å². The minimum Gasteiger partial charge on any atom is -0.497 e. The zero-order chi connectivity index (χ0) is 20.9. The third-order valence-corrected chi connectivity index (χ3v) is 6.18. The lowest BCUT2D eigenvalue weighted by atomic mass is 10.1. The van der Waals surface area contributed by atoms with Crippen molar-refractivity contribution in [3.8, 4) is 11.5 Å². The van der Waals surface area contributed by atoms with Gasteiger partial charge >= 0.3 is 0 Å². The Morgan fingerprint density at radius 1 is 1.13 bits per heavy atom. The van der Waals surface area contributed by atoms with Gasteiger partial charge in [0, 0.05) is 29.6 Å². The van der Waals surface area contributed by atoms with Crippen molar-refractivity contribution in [3.05, 3.63) is 76.0 Å². The number of methoxy groups -OCH3 is 2. The van der Waals surface area contributed by atoms with E-state index in [1.54, 1.807) is 20.3 Å². The van der Waals surface area contributed by atoms with Crippen molar-refractivity contribution in [2.75, 3.05) is 31.0 Å². The van der Waals surface area contributed by atoms with E-state index >= 15 is 0 Å². The number of nitrogens with one attached hydrogen (secondary N) is 1. The molecule has 4 rings (SSSR count). The molecule has 1 aliphatic rings. The molecule has 6 heteroatoms. The van der Waals surface area contributed by atoms with Gasteiger partial charge in [-0.1, -0.05) is 12.1 Å². The van der Waals surface area contributed by atoms with Gasteiger partial charge in [-0.15, -0.1) is 11.3 Å². The molecular formula is C24H24N2O3S. The first-order valence-corrected chi connectivity index (χ1v) is 10.7. The van der Waals surface area contributed by atoms with Crippen LogP contribution >= 0.6 is 11.3 Å². The molecule has 30 heavy (non-hydrogen) atoms. The van der Waals surface area contributed by atoms with Gasteiger partial charge in [0.05, 0.1) is 25.6 Å². The van der Waals surface area contributed by atoms with Gasteiger partial charge in [0.15, 0.2) is 0 Å². The molecule has 0 atom stereocenters. The van der Waals surface area contributed by atoms with Crippen LogP contribution in [0.25, 0.3) is 6.08 Å². The van der Waals surface area contributed by atoms with Gasteiger partial charge < -0.3 is 19.7 Å². The van der Waals surface area contributed by atoms with Crippen LogP contribution in [0.15, 0.2) is 60.0 Å². The SMILES string of the molecule is COc1ccc(OC)c(C=CC(=O)Nc2ccccc2N2CCc3sccc3C2)c1. The Morgan fingerprint density at radius 2 is 2.00 bits per heavy atom. The molecule has 0 spiro atoms. The highest BCUT2D eigenvalue weighted by Gasteiger charge is 2.19. The summed E-state index contributed by atoms with van der Waals surface area (Å²) >= 11 is 1.82. The van der Waals surface area contributed by atoms with E-state index in [4.69, 9.17) is 9.47 Å². The highest BCUT2D eigenvalue weighted by molar-refractivity contribution is 7.10. The number of nitrogens with zero attached hydrogens (tertiary/aromatic N) is 1. The Labute approximate surface area is 180 Å². The molecule has 0 unspecified atom stereocenters. The Bertz CT molecular complexity index is 1070. The van der Waals surface area contributed by atoms with Crippen LogP contribution in [-0.4, -0.2) is 26.7 Å². The number of rotatable bonds is 6. The summed E-state index contributed by atoms with van der Waals surface area (Å²) in [5.41, 5.74) is 4.00. The third-order valence-electron chi connectivity index (χ3n) is 5.16. The van der Waals surface area contributed by atoms with Gasteiger partial charge in [-0.2, -0.15) is 0 Å². The Hall–Kier alpha value is -3.25. The molecule has 5 nitrogen and oxygen atoms in total. The smallest absolute Gasteiger partial charge is 0.248 e. The molecule has 1 aromatic heterocycles. The second kappa shape index (κ2) is 9.05. The molecule has 0 radical (unpaired) electrons. The van der Waals surface area contributed by atoms with Crippen LogP contribution in [0.1, 0.15) is 16.0 Å². The molecular weight excluding hydrogens is 396 g/mol. The largest absolute Gasteiger partial charge is 0.497 e. The second-order valence-corrected chi connectivity index (χ2v) is 7.99. The lowest BCUT2D eigenvalue weighted by Crippen LogP contribution is -2.30. The molecule has 3 aromatic rings. The zero-order valence-electron chi connectivity index (χ0n) is 17.1. The summed E-state index contributed by atoms with van der Waals surface area (Å²) in [6.45, 7) is 1.81. The van der Waals surface area contributed by atoms with Crippen molar-refractivity contribution in [1.29, 1.82) is 0 Å². The fourth-order valence-electron chi connectivity index (χ4n) is 3.62. The summed E-state index contributed by atoms with van der Waals surface area (Å²) in [5.74, 6) is 1.19. The average Bonchev–Trinajstić information content (AvgIpc) is 3.25. The molecule has 1 aliphatic heterocycles. The summed E-state index contributed by atoms with van der Waals surface area (Å²) in [5, 5.41) is 5.18. The number of carbonyl (C=O) groups excluding carboxylic acids is 1. The van der Waals surface area contributed by atoms with Crippen LogP contribution in [0.2, 0.25) is 0 Å². The third kappa shape index (κ3) is 4.33. The van der Waals surface area contributed by atoms with E-state index < -0.39 is 0 Å². The molecule has 0 fully saturated rings. The Balaban J connectivity index is 1.50. The minimum atomic E-state index is -0.194. The average molecular weight is 421 g/mol. The zero-order valence-corrected chi connectivity index (χ0v) is 17.9. The molecule has 2 heterocycles. The number of benzene rings is 2. The molecule has 0 bridgehead atoms. The van der Waals surface area contributed by atoms with E-state index in [1.807, 2.05) is 47.7 Å². The fraction of sp³-hybridized carbons (Fsp3) is 0.208. The maximum absolute atomic E-state index is 12.6. The van der Waals surface area contributed by atoms with Crippen molar-refractivity contribution in [3.63, 3.8) is 0 Å². The van der Waals surface area contributed by atoms with E-state index in [2.05, 4.69) is 27.7 Å². The van der Waals surface area contributed by atoms with Gasteiger partial charge in [0.2, 0.25) is 5.91 Å². The number of hydrogen-bond donors (Lipinski definition) is 1. The summed E-state index contributed by atoms with van der Waals surface area (Å²) in [6, 6.07) is 15.6. The number of fused-ring (bicyclic) bond motifs is 1. The highest BCUT2D eigenvalue weighted by Crippen LogP contribution is 2.32. The summed E-state index contributed by atoms with van der Waals surface area (Å²) < 4.78 is 10.6. The Morgan fingerprint density at radius 3 is 2.83 bits per heavy atom. The molecule has 154 valence electrons. The minimum absolute atomic E-state index is 0.194. The van der Waals surface area contributed by atoms with Crippen LogP contribution in [0.5, 0.6) is 11.5 Å². The van der Waals surface area contributed by atoms with Crippen LogP contribution < -0.4 is 19.7 Å². The number of carbonyl (C=O) groups is 1.